The molecule has 2 aliphatic rings. The molecule has 0 radical (unpaired) electrons. The standard InChI is InChI=1S/C18H26N4O2.HI/c1-2-20-17(22-8-6-18(12-22)7-9-24-13-18)21-11-14-4-3-5-15(10-14)16(19)23;/h3-5,10H,2,6-9,11-13H2,1H3,(H2,19,23)(H,20,21);1H. The summed E-state index contributed by atoms with van der Waals surface area (Å²) in [5, 5.41) is 3.38. The molecule has 2 heterocycles. The average molecular weight is 458 g/mol. The third-order valence-corrected chi connectivity index (χ3v) is 4.88. The number of ether oxygens (including phenoxy) is 1. The van der Waals surface area contributed by atoms with Gasteiger partial charge in [-0.15, -0.1) is 24.0 Å². The third-order valence-electron chi connectivity index (χ3n) is 4.88. The minimum atomic E-state index is -0.407. The second-order valence-corrected chi connectivity index (χ2v) is 6.71. The molecule has 3 rings (SSSR count). The van der Waals surface area contributed by atoms with E-state index in [1.165, 1.54) is 0 Å². The summed E-state index contributed by atoms with van der Waals surface area (Å²) < 4.78 is 5.60. The first-order valence-corrected chi connectivity index (χ1v) is 8.62. The lowest BCUT2D eigenvalue weighted by atomic mass is 9.87. The first kappa shape index (κ1) is 20.0. The number of nitrogens with zero attached hydrogens (tertiary/aromatic N) is 2. The number of aliphatic imine (C=N–C) groups is 1. The van der Waals surface area contributed by atoms with Gasteiger partial charge in [-0.2, -0.15) is 0 Å². The summed E-state index contributed by atoms with van der Waals surface area (Å²) in [5.41, 5.74) is 7.16. The van der Waals surface area contributed by atoms with Crippen molar-refractivity contribution in [1.29, 1.82) is 0 Å². The number of guanidine groups is 1. The quantitative estimate of drug-likeness (QED) is 0.411. The molecule has 6 nitrogen and oxygen atoms in total. The van der Waals surface area contributed by atoms with Crippen LogP contribution in [-0.4, -0.2) is 49.6 Å². The van der Waals surface area contributed by atoms with Gasteiger partial charge in [0.1, 0.15) is 0 Å². The molecule has 1 unspecified atom stereocenters. The molecule has 0 aromatic heterocycles. The van der Waals surface area contributed by atoms with Gasteiger partial charge in [0.25, 0.3) is 0 Å². The Morgan fingerprint density at radius 1 is 1.44 bits per heavy atom. The fourth-order valence-corrected chi connectivity index (χ4v) is 3.50. The molecular weight excluding hydrogens is 431 g/mol. The fourth-order valence-electron chi connectivity index (χ4n) is 3.50. The molecule has 0 bridgehead atoms. The van der Waals surface area contributed by atoms with E-state index in [4.69, 9.17) is 15.5 Å². The molecule has 2 fully saturated rings. The molecule has 25 heavy (non-hydrogen) atoms. The summed E-state index contributed by atoms with van der Waals surface area (Å²) >= 11 is 0. The largest absolute Gasteiger partial charge is 0.381 e. The van der Waals surface area contributed by atoms with Crippen molar-refractivity contribution in [3.8, 4) is 0 Å². The van der Waals surface area contributed by atoms with Crippen molar-refractivity contribution >= 4 is 35.8 Å². The van der Waals surface area contributed by atoms with Crippen LogP contribution in [0.1, 0.15) is 35.7 Å². The number of benzene rings is 1. The van der Waals surface area contributed by atoms with Crippen LogP contribution in [0.4, 0.5) is 0 Å². The second kappa shape index (κ2) is 8.84. The number of primary amides is 1. The van der Waals surface area contributed by atoms with Gasteiger partial charge >= 0.3 is 0 Å². The third kappa shape index (κ3) is 4.84. The van der Waals surface area contributed by atoms with Crippen molar-refractivity contribution in [3.63, 3.8) is 0 Å². The van der Waals surface area contributed by atoms with Crippen LogP contribution in [0, 0.1) is 5.41 Å². The van der Waals surface area contributed by atoms with Gasteiger partial charge in [0.2, 0.25) is 5.91 Å². The number of likely N-dealkylation sites (tertiary alicyclic amines) is 1. The summed E-state index contributed by atoms with van der Waals surface area (Å²) in [4.78, 5) is 18.4. The van der Waals surface area contributed by atoms with Crippen LogP contribution >= 0.6 is 24.0 Å². The number of hydrogen-bond acceptors (Lipinski definition) is 3. The fraction of sp³-hybridized carbons (Fsp3) is 0.556. The first-order chi connectivity index (χ1) is 11.6. The molecule has 1 amide bonds. The normalized spacial score (nSPS) is 22.9. The van der Waals surface area contributed by atoms with E-state index in [2.05, 4.69) is 17.1 Å². The summed E-state index contributed by atoms with van der Waals surface area (Å²) in [6.45, 7) is 7.19. The predicted octanol–water partition coefficient (Wildman–Crippen LogP) is 1.98. The smallest absolute Gasteiger partial charge is 0.248 e. The molecule has 0 aliphatic carbocycles. The molecule has 1 aromatic carbocycles. The van der Waals surface area contributed by atoms with Gasteiger partial charge in [-0.05, 0) is 37.5 Å². The monoisotopic (exact) mass is 458 g/mol. The number of halogens is 1. The van der Waals surface area contributed by atoms with E-state index in [1.54, 1.807) is 6.07 Å². The van der Waals surface area contributed by atoms with Gasteiger partial charge in [-0.25, -0.2) is 4.99 Å². The summed E-state index contributed by atoms with van der Waals surface area (Å²) in [6.07, 6.45) is 2.30. The highest BCUT2D eigenvalue weighted by Gasteiger charge is 2.42. The predicted molar refractivity (Wildman–Crippen MR) is 109 cm³/mol. The number of carbonyl (C=O) groups excluding carboxylic acids is 1. The van der Waals surface area contributed by atoms with Crippen LogP contribution < -0.4 is 11.1 Å². The van der Waals surface area contributed by atoms with E-state index in [-0.39, 0.29) is 24.0 Å². The van der Waals surface area contributed by atoms with E-state index in [1.807, 2.05) is 18.2 Å². The molecule has 1 aromatic rings. The number of nitrogens with two attached hydrogens (primary N) is 1. The van der Waals surface area contributed by atoms with Crippen molar-refractivity contribution in [2.45, 2.75) is 26.3 Å². The van der Waals surface area contributed by atoms with E-state index >= 15 is 0 Å². The van der Waals surface area contributed by atoms with Gasteiger partial charge in [0.05, 0.1) is 13.2 Å². The van der Waals surface area contributed by atoms with Crippen LogP contribution in [0.5, 0.6) is 0 Å². The zero-order chi connectivity index (χ0) is 17.0. The van der Waals surface area contributed by atoms with Crippen LogP contribution in [-0.2, 0) is 11.3 Å². The Morgan fingerprint density at radius 3 is 2.96 bits per heavy atom. The second-order valence-electron chi connectivity index (χ2n) is 6.71. The maximum absolute atomic E-state index is 11.3. The highest BCUT2D eigenvalue weighted by molar-refractivity contribution is 14.0. The van der Waals surface area contributed by atoms with Crippen molar-refractivity contribution in [3.05, 3.63) is 35.4 Å². The number of hydrogen-bond donors (Lipinski definition) is 2. The van der Waals surface area contributed by atoms with Crippen LogP contribution in [0.3, 0.4) is 0 Å². The Hall–Kier alpha value is -1.35. The van der Waals surface area contributed by atoms with Crippen LogP contribution in [0.15, 0.2) is 29.3 Å². The molecule has 138 valence electrons. The van der Waals surface area contributed by atoms with Crippen molar-refractivity contribution in [2.75, 3.05) is 32.8 Å². The van der Waals surface area contributed by atoms with Crippen LogP contribution in [0.25, 0.3) is 0 Å². The summed E-state index contributed by atoms with van der Waals surface area (Å²) in [5.74, 6) is 0.529. The molecule has 1 atom stereocenters. The highest BCUT2D eigenvalue weighted by Crippen LogP contribution is 2.38. The van der Waals surface area contributed by atoms with Crippen molar-refractivity contribution < 1.29 is 9.53 Å². The average Bonchev–Trinajstić information content (AvgIpc) is 3.22. The van der Waals surface area contributed by atoms with Crippen molar-refractivity contribution in [1.82, 2.24) is 10.2 Å². The topological polar surface area (TPSA) is 79.9 Å². The van der Waals surface area contributed by atoms with Gasteiger partial charge < -0.3 is 20.7 Å². The number of rotatable bonds is 4. The Balaban J connectivity index is 0.00000225. The zero-order valence-electron chi connectivity index (χ0n) is 14.7. The molecule has 7 heteroatoms. The lowest BCUT2D eigenvalue weighted by Gasteiger charge is -2.25. The highest BCUT2D eigenvalue weighted by atomic mass is 127. The SMILES string of the molecule is CCNC(=NCc1cccc(C(N)=O)c1)N1CCC2(CCOC2)C1.I. The van der Waals surface area contributed by atoms with E-state index in [0.717, 1.165) is 57.2 Å². The lowest BCUT2D eigenvalue weighted by Crippen LogP contribution is -2.41. The van der Waals surface area contributed by atoms with E-state index in [9.17, 15) is 4.79 Å². The number of amides is 1. The van der Waals surface area contributed by atoms with Gasteiger partial charge in [-0.1, -0.05) is 12.1 Å². The minimum absolute atomic E-state index is 0. The Morgan fingerprint density at radius 2 is 2.28 bits per heavy atom. The number of nitrogens with one attached hydrogen (secondary N) is 1. The van der Waals surface area contributed by atoms with E-state index < -0.39 is 5.91 Å². The molecule has 1 spiro atoms. The molecule has 2 aliphatic heterocycles. The van der Waals surface area contributed by atoms with Crippen molar-refractivity contribution in [2.24, 2.45) is 16.1 Å². The van der Waals surface area contributed by atoms with Crippen LogP contribution in [0.2, 0.25) is 0 Å². The maximum atomic E-state index is 11.3. The Labute approximate surface area is 166 Å². The Kier molecular flexibility index (Phi) is 7.06. The molecule has 2 saturated heterocycles. The summed E-state index contributed by atoms with van der Waals surface area (Å²) in [6, 6.07) is 7.35. The van der Waals surface area contributed by atoms with Gasteiger partial charge in [0, 0.05) is 37.2 Å². The number of carbonyl (C=O) groups is 1. The Bertz CT molecular complexity index is 629. The lowest BCUT2D eigenvalue weighted by molar-refractivity contribution is 0.1000. The molecular formula is C18H27IN4O2. The molecule has 0 saturated carbocycles. The maximum Gasteiger partial charge on any atom is 0.248 e. The van der Waals surface area contributed by atoms with Gasteiger partial charge in [0.15, 0.2) is 5.96 Å². The summed E-state index contributed by atoms with van der Waals surface area (Å²) in [7, 11) is 0. The first-order valence-electron chi connectivity index (χ1n) is 8.62. The zero-order valence-corrected chi connectivity index (χ0v) is 17.0. The molecule has 3 N–H and O–H groups in total. The minimum Gasteiger partial charge on any atom is -0.381 e. The van der Waals surface area contributed by atoms with E-state index in [0.29, 0.717) is 17.5 Å². The van der Waals surface area contributed by atoms with Gasteiger partial charge in [-0.3, -0.25) is 4.79 Å².